The number of hydrogen-bond acceptors (Lipinski definition) is 5. The molecule has 0 spiro atoms. The number of rotatable bonds is 4. The summed E-state index contributed by atoms with van der Waals surface area (Å²) < 4.78 is 64.8. The van der Waals surface area contributed by atoms with Crippen molar-refractivity contribution in [1.82, 2.24) is 4.98 Å². The van der Waals surface area contributed by atoms with Gasteiger partial charge in [0.25, 0.3) is 0 Å². The van der Waals surface area contributed by atoms with Gasteiger partial charge in [0.15, 0.2) is 0 Å². The van der Waals surface area contributed by atoms with Crippen molar-refractivity contribution in [2.75, 3.05) is 6.26 Å². The maximum absolute atomic E-state index is 12.7. The molecule has 132 valence electrons. The van der Waals surface area contributed by atoms with E-state index in [1.807, 2.05) is 6.07 Å². The molecule has 5 nitrogen and oxygen atoms in total. The third-order valence-electron chi connectivity index (χ3n) is 3.06. The van der Waals surface area contributed by atoms with Crippen molar-refractivity contribution < 1.29 is 25.8 Å². The highest BCUT2D eigenvalue weighted by atomic mass is 35.5. The van der Waals surface area contributed by atoms with Crippen molar-refractivity contribution in [2.24, 2.45) is 0 Å². The highest BCUT2D eigenvalue weighted by molar-refractivity contribution is 7.86. The van der Waals surface area contributed by atoms with Crippen molar-refractivity contribution in [3.05, 3.63) is 58.4 Å². The van der Waals surface area contributed by atoms with E-state index in [0.29, 0.717) is 17.8 Å². The van der Waals surface area contributed by atoms with Gasteiger partial charge in [0, 0.05) is 6.20 Å². The molecule has 0 aliphatic heterocycles. The van der Waals surface area contributed by atoms with Crippen LogP contribution in [-0.2, 0) is 16.3 Å². The highest BCUT2D eigenvalue weighted by Crippen LogP contribution is 2.34. The second-order valence-corrected chi connectivity index (χ2v) is 6.99. The van der Waals surface area contributed by atoms with E-state index in [2.05, 4.69) is 9.17 Å². The molecule has 0 unspecified atom stereocenters. The van der Waals surface area contributed by atoms with Gasteiger partial charge < -0.3 is 4.18 Å². The van der Waals surface area contributed by atoms with Crippen LogP contribution in [0.1, 0.15) is 22.7 Å². The summed E-state index contributed by atoms with van der Waals surface area (Å²) in [5, 5.41) is 9.05. The predicted molar refractivity (Wildman–Crippen MR) is 83.6 cm³/mol. The van der Waals surface area contributed by atoms with Crippen molar-refractivity contribution in [2.45, 2.75) is 12.1 Å². The molecule has 10 heteroatoms. The average Bonchev–Trinajstić information content (AvgIpc) is 2.48. The number of hydrogen-bond donors (Lipinski definition) is 0. The van der Waals surface area contributed by atoms with Crippen LogP contribution < -0.4 is 4.18 Å². The van der Waals surface area contributed by atoms with Gasteiger partial charge in [-0.1, -0.05) is 23.7 Å². The van der Waals surface area contributed by atoms with Crippen molar-refractivity contribution in [3.63, 3.8) is 0 Å². The number of aromatic nitrogens is 1. The molecule has 1 atom stereocenters. The summed E-state index contributed by atoms with van der Waals surface area (Å²) in [6, 6.07) is 8.07. The van der Waals surface area contributed by atoms with Gasteiger partial charge >= 0.3 is 16.3 Å². The Hall–Kier alpha value is -2.31. The van der Waals surface area contributed by atoms with Gasteiger partial charge in [-0.05, 0) is 23.8 Å². The zero-order valence-electron chi connectivity index (χ0n) is 12.6. The fourth-order valence-electron chi connectivity index (χ4n) is 2.00. The van der Waals surface area contributed by atoms with E-state index in [1.54, 1.807) is 0 Å². The molecular formula is C15H10ClF3N2O3S. The van der Waals surface area contributed by atoms with Crippen LogP contribution >= 0.6 is 11.6 Å². The van der Waals surface area contributed by atoms with Gasteiger partial charge in [0.1, 0.15) is 11.7 Å². The quantitative estimate of drug-likeness (QED) is 0.743. The Morgan fingerprint density at radius 3 is 2.32 bits per heavy atom. The molecule has 0 bridgehead atoms. The lowest BCUT2D eigenvalue weighted by molar-refractivity contribution is -0.137. The summed E-state index contributed by atoms with van der Waals surface area (Å²) in [6.45, 7) is 0. The molecule has 0 amide bonds. The Balaban J connectivity index is 2.36. The van der Waals surface area contributed by atoms with Crippen LogP contribution in [0.4, 0.5) is 13.2 Å². The van der Waals surface area contributed by atoms with E-state index in [1.165, 1.54) is 24.3 Å². The van der Waals surface area contributed by atoms with Gasteiger partial charge in [0.05, 0.1) is 28.6 Å². The molecule has 0 saturated carbocycles. The highest BCUT2D eigenvalue weighted by Gasteiger charge is 2.32. The number of nitriles is 1. The Bertz CT molecular complexity index is 923. The van der Waals surface area contributed by atoms with E-state index >= 15 is 0 Å². The lowest BCUT2D eigenvalue weighted by Crippen LogP contribution is -2.09. The fraction of sp³-hybridized carbons (Fsp3) is 0.200. The summed E-state index contributed by atoms with van der Waals surface area (Å²) in [5.41, 5.74) is -0.679. The van der Waals surface area contributed by atoms with E-state index in [9.17, 15) is 26.9 Å². The monoisotopic (exact) mass is 390 g/mol. The first-order valence-electron chi connectivity index (χ1n) is 6.63. The molecule has 0 fully saturated rings. The maximum atomic E-state index is 12.7. The molecule has 2 rings (SSSR count). The Kier molecular flexibility index (Phi) is 5.25. The number of pyridine rings is 1. The van der Waals surface area contributed by atoms with Crippen molar-refractivity contribution in [1.29, 1.82) is 5.26 Å². The molecule has 0 saturated heterocycles. The third kappa shape index (κ3) is 4.84. The first-order valence-corrected chi connectivity index (χ1v) is 8.82. The standard InChI is InChI=1S/C15H10ClF3N2O3S/c1-25(22,23)24-11-4-2-9(3-5-11)12(7-20)14-13(16)6-10(8-21-14)15(17,18)19/h2-6,8,12H,1H3/t12-/m0/s1. The lowest BCUT2D eigenvalue weighted by Gasteiger charge is -2.13. The largest absolute Gasteiger partial charge is 0.417 e. The molecule has 0 N–H and O–H groups in total. The Morgan fingerprint density at radius 1 is 1.28 bits per heavy atom. The number of nitrogens with zero attached hydrogens (tertiary/aromatic N) is 2. The number of alkyl halides is 3. The molecule has 0 aliphatic rings. The second kappa shape index (κ2) is 6.90. The van der Waals surface area contributed by atoms with Gasteiger partial charge in [-0.25, -0.2) is 0 Å². The SMILES string of the molecule is CS(=O)(=O)Oc1ccc([C@H](C#N)c2ncc(C(F)(F)F)cc2Cl)cc1. The summed E-state index contributed by atoms with van der Waals surface area (Å²) >= 11 is 5.86. The molecule has 0 aliphatic carbocycles. The lowest BCUT2D eigenvalue weighted by atomic mass is 9.96. The van der Waals surface area contributed by atoms with E-state index in [4.69, 9.17) is 11.6 Å². The molecule has 0 radical (unpaired) electrons. The summed E-state index contributed by atoms with van der Waals surface area (Å²) in [5.74, 6) is -0.989. The van der Waals surface area contributed by atoms with Crippen LogP contribution in [0.25, 0.3) is 0 Å². The van der Waals surface area contributed by atoms with Crippen molar-refractivity contribution in [3.8, 4) is 11.8 Å². The fourth-order valence-corrected chi connectivity index (χ4v) is 2.74. The maximum Gasteiger partial charge on any atom is 0.417 e. The number of benzene rings is 1. The van der Waals surface area contributed by atoms with Gasteiger partial charge in [0.2, 0.25) is 0 Å². The molecule has 2 aromatic rings. The zero-order chi connectivity index (χ0) is 18.8. The molecule has 1 aromatic heterocycles. The molecule has 1 aromatic carbocycles. The van der Waals surface area contributed by atoms with Crippen LogP contribution in [-0.4, -0.2) is 19.7 Å². The van der Waals surface area contributed by atoms with Crippen LogP contribution in [0.15, 0.2) is 36.5 Å². The second-order valence-electron chi connectivity index (χ2n) is 5.01. The van der Waals surface area contributed by atoms with Crippen LogP contribution in [0.3, 0.4) is 0 Å². The zero-order valence-corrected chi connectivity index (χ0v) is 14.2. The summed E-state index contributed by atoms with van der Waals surface area (Å²) in [6.07, 6.45) is -3.11. The molecular weight excluding hydrogens is 381 g/mol. The predicted octanol–water partition coefficient (Wildman–Crippen LogP) is 3.75. The topological polar surface area (TPSA) is 80.0 Å². The Morgan fingerprint density at radius 2 is 1.88 bits per heavy atom. The van der Waals surface area contributed by atoms with Crippen LogP contribution in [0.2, 0.25) is 5.02 Å². The molecule has 1 heterocycles. The normalized spacial score (nSPS) is 13.1. The van der Waals surface area contributed by atoms with Gasteiger partial charge in [-0.2, -0.15) is 26.9 Å². The van der Waals surface area contributed by atoms with Gasteiger partial charge in [-0.3, -0.25) is 4.98 Å². The minimum Gasteiger partial charge on any atom is -0.383 e. The van der Waals surface area contributed by atoms with Crippen LogP contribution in [0, 0.1) is 11.3 Å². The third-order valence-corrected chi connectivity index (χ3v) is 3.86. The minimum atomic E-state index is -4.60. The smallest absolute Gasteiger partial charge is 0.383 e. The van der Waals surface area contributed by atoms with E-state index in [-0.39, 0.29) is 16.5 Å². The first kappa shape index (κ1) is 19.0. The summed E-state index contributed by atoms with van der Waals surface area (Å²) in [4.78, 5) is 3.67. The van der Waals surface area contributed by atoms with Gasteiger partial charge in [-0.15, -0.1) is 0 Å². The average molecular weight is 391 g/mol. The Labute approximate surface area is 146 Å². The first-order chi connectivity index (χ1) is 11.5. The number of halogens is 4. The van der Waals surface area contributed by atoms with Crippen molar-refractivity contribution >= 4 is 21.7 Å². The minimum absolute atomic E-state index is 0.0334. The molecule has 25 heavy (non-hydrogen) atoms. The summed E-state index contributed by atoms with van der Waals surface area (Å²) in [7, 11) is -3.70. The van der Waals surface area contributed by atoms with Crippen LogP contribution in [0.5, 0.6) is 5.75 Å². The van der Waals surface area contributed by atoms with E-state index < -0.39 is 27.8 Å². The van der Waals surface area contributed by atoms with E-state index in [0.717, 1.165) is 6.26 Å².